The van der Waals surface area contributed by atoms with Crippen molar-refractivity contribution >= 4 is 11.9 Å². The quantitative estimate of drug-likeness (QED) is 0.713. The van der Waals surface area contributed by atoms with Crippen molar-refractivity contribution in [3.05, 3.63) is 71.8 Å². The number of ether oxygens (including phenoxy) is 3. The molecule has 0 saturated carbocycles. The van der Waals surface area contributed by atoms with Crippen LogP contribution in [-0.2, 0) is 30.2 Å². The lowest BCUT2D eigenvalue weighted by Gasteiger charge is -2.31. The third-order valence-electron chi connectivity index (χ3n) is 5.47. The van der Waals surface area contributed by atoms with Gasteiger partial charge in [0.2, 0.25) is 0 Å². The van der Waals surface area contributed by atoms with Gasteiger partial charge in [-0.3, -0.25) is 4.79 Å². The van der Waals surface area contributed by atoms with E-state index in [-0.39, 0.29) is 12.6 Å². The molecule has 2 aromatic rings. The van der Waals surface area contributed by atoms with Gasteiger partial charge < -0.3 is 14.2 Å². The van der Waals surface area contributed by atoms with Crippen LogP contribution in [0.15, 0.2) is 60.7 Å². The topological polar surface area (TPSA) is 61.8 Å². The minimum absolute atomic E-state index is 0.240. The van der Waals surface area contributed by atoms with Gasteiger partial charge in [-0.1, -0.05) is 67.6 Å². The molecule has 0 bridgehead atoms. The summed E-state index contributed by atoms with van der Waals surface area (Å²) in [6.45, 7) is 3.87. The molecule has 0 N–H and O–H groups in total. The summed E-state index contributed by atoms with van der Waals surface area (Å²) in [6, 6.07) is 19.1. The summed E-state index contributed by atoms with van der Waals surface area (Å²) < 4.78 is 16.9. The van der Waals surface area contributed by atoms with Crippen LogP contribution in [0.5, 0.6) is 0 Å². The molecule has 1 fully saturated rings. The number of carbonyl (C=O) groups excluding carboxylic acids is 2. The van der Waals surface area contributed by atoms with E-state index in [2.05, 4.69) is 0 Å². The second-order valence-corrected chi connectivity index (χ2v) is 7.06. The van der Waals surface area contributed by atoms with Crippen molar-refractivity contribution in [1.82, 2.24) is 0 Å². The van der Waals surface area contributed by atoms with Gasteiger partial charge in [-0.15, -0.1) is 0 Å². The van der Waals surface area contributed by atoms with Crippen LogP contribution in [0.3, 0.4) is 0 Å². The maximum absolute atomic E-state index is 13.1. The largest absolute Gasteiger partial charge is 0.469 e. The monoisotopic (exact) mass is 382 g/mol. The van der Waals surface area contributed by atoms with Crippen molar-refractivity contribution in [3.63, 3.8) is 0 Å². The third-order valence-corrected chi connectivity index (χ3v) is 5.47. The van der Waals surface area contributed by atoms with Crippen LogP contribution in [0, 0.1) is 11.8 Å². The van der Waals surface area contributed by atoms with Gasteiger partial charge in [0.1, 0.15) is 0 Å². The molecule has 0 unspecified atom stereocenters. The van der Waals surface area contributed by atoms with Crippen LogP contribution in [0.1, 0.15) is 31.1 Å². The average Bonchev–Trinajstić information content (AvgIpc) is 3.02. The molecule has 0 spiro atoms. The van der Waals surface area contributed by atoms with Crippen molar-refractivity contribution in [2.24, 2.45) is 11.8 Å². The Labute approximate surface area is 165 Å². The first kappa shape index (κ1) is 20.1. The molecular formula is C23H26O5. The first-order valence-electron chi connectivity index (χ1n) is 9.55. The molecule has 0 aliphatic carbocycles. The van der Waals surface area contributed by atoms with Crippen molar-refractivity contribution in [2.75, 3.05) is 13.7 Å². The fourth-order valence-electron chi connectivity index (χ4n) is 4.00. The van der Waals surface area contributed by atoms with E-state index in [9.17, 15) is 9.59 Å². The zero-order valence-corrected chi connectivity index (χ0v) is 16.5. The lowest BCUT2D eigenvalue weighted by atomic mass is 9.76. The highest BCUT2D eigenvalue weighted by Gasteiger charge is 2.61. The maximum Gasteiger partial charge on any atom is 0.339 e. The predicted molar refractivity (Wildman–Crippen MR) is 104 cm³/mol. The van der Waals surface area contributed by atoms with E-state index in [1.165, 1.54) is 7.11 Å². The second-order valence-electron chi connectivity index (χ2n) is 7.06. The Morgan fingerprint density at radius 2 is 1.64 bits per heavy atom. The molecule has 0 radical (unpaired) electrons. The summed E-state index contributed by atoms with van der Waals surface area (Å²) >= 11 is 0. The van der Waals surface area contributed by atoms with Crippen LogP contribution >= 0.6 is 0 Å². The Bertz CT molecular complexity index is 804. The second kappa shape index (κ2) is 8.57. The van der Waals surface area contributed by atoms with E-state index < -0.39 is 29.5 Å². The fourth-order valence-corrected chi connectivity index (χ4v) is 4.00. The van der Waals surface area contributed by atoms with Gasteiger partial charge in [0.15, 0.2) is 5.60 Å². The molecule has 0 aromatic heterocycles. The summed E-state index contributed by atoms with van der Waals surface area (Å²) in [6.07, 6.45) is -0.262. The summed E-state index contributed by atoms with van der Waals surface area (Å²) in [5, 5.41) is 0. The van der Waals surface area contributed by atoms with Crippen LogP contribution in [0.25, 0.3) is 0 Å². The van der Waals surface area contributed by atoms with E-state index >= 15 is 0 Å². The van der Waals surface area contributed by atoms with Crippen molar-refractivity contribution < 1.29 is 23.8 Å². The summed E-state index contributed by atoms with van der Waals surface area (Å²) in [7, 11) is 1.36. The van der Waals surface area contributed by atoms with E-state index in [1.54, 1.807) is 6.92 Å². The Hall–Kier alpha value is -2.66. The van der Waals surface area contributed by atoms with Gasteiger partial charge >= 0.3 is 11.9 Å². The van der Waals surface area contributed by atoms with E-state index in [0.29, 0.717) is 6.42 Å². The standard InChI is InChI=1S/C23H26O5/c1-4-27-22(25)23(15-17-11-7-5-8-12-17)16(2)19(21(24)26-3)20(28-23)18-13-9-6-10-14-18/h5-14,16,19-20H,4,15H2,1-3H3/t16-,19-,20-,23-/m0/s1. The lowest BCUT2D eigenvalue weighted by Crippen LogP contribution is -2.48. The molecule has 28 heavy (non-hydrogen) atoms. The molecule has 5 heteroatoms. The normalized spacial score (nSPS) is 26.6. The van der Waals surface area contributed by atoms with Crippen LogP contribution in [0.4, 0.5) is 0 Å². The molecule has 0 amide bonds. The zero-order valence-electron chi connectivity index (χ0n) is 16.5. The third kappa shape index (κ3) is 3.67. The fraction of sp³-hybridized carbons (Fsp3) is 0.391. The number of hydrogen-bond donors (Lipinski definition) is 0. The Kier molecular flexibility index (Phi) is 6.15. The summed E-state index contributed by atoms with van der Waals surface area (Å²) in [5.41, 5.74) is 0.514. The molecule has 1 heterocycles. The van der Waals surface area contributed by atoms with Crippen molar-refractivity contribution in [2.45, 2.75) is 32.0 Å². The Balaban J connectivity index is 2.07. The molecule has 1 aliphatic rings. The zero-order chi connectivity index (χ0) is 20.1. The van der Waals surface area contributed by atoms with Crippen LogP contribution in [-0.4, -0.2) is 31.3 Å². The molecule has 2 aromatic carbocycles. The van der Waals surface area contributed by atoms with Crippen molar-refractivity contribution in [3.8, 4) is 0 Å². The van der Waals surface area contributed by atoms with Gasteiger partial charge in [-0.25, -0.2) is 4.79 Å². The number of hydrogen-bond acceptors (Lipinski definition) is 5. The molecule has 1 aliphatic heterocycles. The van der Waals surface area contributed by atoms with Gasteiger partial charge in [0.05, 0.1) is 25.7 Å². The number of rotatable bonds is 6. The van der Waals surface area contributed by atoms with E-state index in [0.717, 1.165) is 11.1 Å². The van der Waals surface area contributed by atoms with E-state index in [4.69, 9.17) is 14.2 Å². The average molecular weight is 382 g/mol. The SMILES string of the molecule is CCOC(=O)[C@@]1(Cc2ccccc2)O[C@@H](c2ccccc2)[C@@H](C(=O)OC)[C@@H]1C. The van der Waals surface area contributed by atoms with Gasteiger partial charge in [-0.2, -0.15) is 0 Å². The highest BCUT2D eigenvalue weighted by atomic mass is 16.6. The number of esters is 2. The summed E-state index contributed by atoms with van der Waals surface area (Å²) in [4.78, 5) is 25.8. The van der Waals surface area contributed by atoms with Crippen molar-refractivity contribution in [1.29, 1.82) is 0 Å². The van der Waals surface area contributed by atoms with Crippen LogP contribution < -0.4 is 0 Å². The van der Waals surface area contributed by atoms with Gasteiger partial charge in [0, 0.05) is 12.3 Å². The molecule has 1 saturated heterocycles. The first-order chi connectivity index (χ1) is 13.5. The van der Waals surface area contributed by atoms with Gasteiger partial charge in [-0.05, 0) is 18.1 Å². The smallest absolute Gasteiger partial charge is 0.339 e. The van der Waals surface area contributed by atoms with Gasteiger partial charge in [0.25, 0.3) is 0 Å². The lowest BCUT2D eigenvalue weighted by molar-refractivity contribution is -0.174. The number of methoxy groups -OCH3 is 1. The first-order valence-corrected chi connectivity index (χ1v) is 9.55. The molecular weight excluding hydrogens is 356 g/mol. The highest BCUT2D eigenvalue weighted by Crippen LogP contribution is 2.50. The highest BCUT2D eigenvalue weighted by molar-refractivity contribution is 5.84. The maximum atomic E-state index is 13.1. The van der Waals surface area contributed by atoms with Crippen LogP contribution in [0.2, 0.25) is 0 Å². The molecule has 4 atom stereocenters. The Morgan fingerprint density at radius 1 is 1.04 bits per heavy atom. The summed E-state index contributed by atoms with van der Waals surface area (Å²) in [5.74, 6) is -1.87. The minimum atomic E-state index is -1.27. The molecule has 3 rings (SSSR count). The Morgan fingerprint density at radius 3 is 2.21 bits per heavy atom. The molecule has 148 valence electrons. The number of carbonyl (C=O) groups is 2. The molecule has 5 nitrogen and oxygen atoms in total. The van der Waals surface area contributed by atoms with E-state index in [1.807, 2.05) is 67.6 Å². The number of benzene rings is 2. The predicted octanol–water partition coefficient (Wildman–Crippen LogP) is 3.73. The minimum Gasteiger partial charge on any atom is -0.469 e.